The van der Waals surface area contributed by atoms with Crippen molar-refractivity contribution in [1.82, 2.24) is 10.6 Å². The summed E-state index contributed by atoms with van der Waals surface area (Å²) >= 11 is 0. The minimum atomic E-state index is -0.340. The molecule has 0 aromatic carbocycles. The molecule has 7 heteroatoms. The van der Waals surface area contributed by atoms with Crippen LogP contribution in [0.25, 0.3) is 0 Å². The summed E-state index contributed by atoms with van der Waals surface area (Å²) in [6.07, 6.45) is 2.85. The van der Waals surface area contributed by atoms with Crippen LogP contribution in [0.1, 0.15) is 21.1 Å². The molecule has 2 aromatic rings. The zero-order chi connectivity index (χ0) is 14.7. The molecule has 21 heavy (non-hydrogen) atoms. The molecular formula is C14H14N2O5. The van der Waals surface area contributed by atoms with Crippen LogP contribution in [0.2, 0.25) is 0 Å². The maximum atomic E-state index is 11.9. The first-order valence-corrected chi connectivity index (χ1v) is 6.50. The van der Waals surface area contributed by atoms with E-state index in [9.17, 15) is 9.59 Å². The second-order valence-electron chi connectivity index (χ2n) is 4.65. The SMILES string of the molecule is O=C(N[C@H]1COC[C@H]1NC(=O)c1ccco1)c1ccco1. The van der Waals surface area contributed by atoms with Crippen molar-refractivity contribution in [3.63, 3.8) is 0 Å². The highest BCUT2D eigenvalue weighted by Gasteiger charge is 2.32. The Balaban J connectivity index is 1.60. The second-order valence-corrected chi connectivity index (χ2v) is 4.65. The predicted molar refractivity (Wildman–Crippen MR) is 70.7 cm³/mol. The van der Waals surface area contributed by atoms with Crippen LogP contribution in [0.5, 0.6) is 0 Å². The number of carbonyl (C=O) groups is 2. The van der Waals surface area contributed by atoms with Gasteiger partial charge in [-0.15, -0.1) is 0 Å². The third-order valence-electron chi connectivity index (χ3n) is 3.20. The molecule has 1 aliphatic rings. The lowest BCUT2D eigenvalue weighted by Gasteiger charge is -2.19. The number of ether oxygens (including phenoxy) is 1. The van der Waals surface area contributed by atoms with Crippen LogP contribution < -0.4 is 10.6 Å². The topological polar surface area (TPSA) is 93.7 Å². The average molecular weight is 290 g/mol. The third-order valence-corrected chi connectivity index (χ3v) is 3.20. The predicted octanol–water partition coefficient (Wildman–Crippen LogP) is 0.800. The fourth-order valence-electron chi connectivity index (χ4n) is 2.13. The molecule has 1 fully saturated rings. The van der Waals surface area contributed by atoms with E-state index in [0.29, 0.717) is 13.2 Å². The summed E-state index contributed by atoms with van der Waals surface area (Å²) in [7, 11) is 0. The summed E-state index contributed by atoms with van der Waals surface area (Å²) in [5, 5.41) is 5.56. The number of hydrogen-bond acceptors (Lipinski definition) is 5. The molecule has 0 radical (unpaired) electrons. The van der Waals surface area contributed by atoms with Crippen molar-refractivity contribution in [1.29, 1.82) is 0 Å². The number of carbonyl (C=O) groups excluding carboxylic acids is 2. The Morgan fingerprint density at radius 2 is 1.38 bits per heavy atom. The Hall–Kier alpha value is -2.54. The first-order chi connectivity index (χ1) is 10.2. The van der Waals surface area contributed by atoms with Gasteiger partial charge in [0.2, 0.25) is 0 Å². The molecule has 2 atom stereocenters. The Morgan fingerprint density at radius 3 is 1.76 bits per heavy atom. The molecule has 2 N–H and O–H groups in total. The number of rotatable bonds is 4. The molecule has 2 amide bonds. The summed E-state index contributed by atoms with van der Waals surface area (Å²) in [6.45, 7) is 0.658. The van der Waals surface area contributed by atoms with Crippen molar-refractivity contribution in [2.75, 3.05) is 13.2 Å². The van der Waals surface area contributed by atoms with E-state index < -0.39 is 0 Å². The number of amides is 2. The lowest BCUT2D eigenvalue weighted by Crippen LogP contribution is -2.50. The van der Waals surface area contributed by atoms with Crippen LogP contribution in [0, 0.1) is 0 Å². The smallest absolute Gasteiger partial charge is 0.287 e. The fraction of sp³-hybridized carbons (Fsp3) is 0.286. The Kier molecular flexibility index (Phi) is 3.74. The van der Waals surface area contributed by atoms with Crippen LogP contribution in [-0.2, 0) is 4.74 Å². The normalized spacial score (nSPS) is 21.1. The van der Waals surface area contributed by atoms with Gasteiger partial charge in [-0.2, -0.15) is 0 Å². The molecule has 0 bridgehead atoms. The molecule has 0 saturated carbocycles. The summed E-state index contributed by atoms with van der Waals surface area (Å²) in [5.74, 6) is -0.239. The van der Waals surface area contributed by atoms with Crippen LogP contribution >= 0.6 is 0 Å². The van der Waals surface area contributed by atoms with Crippen LogP contribution in [-0.4, -0.2) is 37.1 Å². The van der Waals surface area contributed by atoms with E-state index in [1.807, 2.05) is 0 Å². The minimum Gasteiger partial charge on any atom is -0.459 e. The van der Waals surface area contributed by atoms with Gasteiger partial charge in [0, 0.05) is 0 Å². The van der Waals surface area contributed by atoms with E-state index in [1.54, 1.807) is 24.3 Å². The van der Waals surface area contributed by atoms with Crippen LogP contribution in [0.15, 0.2) is 45.6 Å². The maximum Gasteiger partial charge on any atom is 0.287 e. The first kappa shape index (κ1) is 13.4. The van der Waals surface area contributed by atoms with Crippen LogP contribution in [0.4, 0.5) is 0 Å². The maximum absolute atomic E-state index is 11.9. The van der Waals surface area contributed by atoms with Gasteiger partial charge in [-0.3, -0.25) is 9.59 Å². The van der Waals surface area contributed by atoms with E-state index in [2.05, 4.69) is 10.6 Å². The minimum absolute atomic E-state index is 0.220. The molecule has 3 rings (SSSR count). The average Bonchev–Trinajstić information content (AvgIpc) is 3.22. The van der Waals surface area contributed by atoms with Gasteiger partial charge in [-0.25, -0.2) is 0 Å². The van der Waals surface area contributed by atoms with E-state index in [1.165, 1.54) is 12.5 Å². The van der Waals surface area contributed by atoms with Gasteiger partial charge in [-0.1, -0.05) is 0 Å². The summed E-state index contributed by atoms with van der Waals surface area (Å²) in [4.78, 5) is 23.9. The number of hydrogen-bond donors (Lipinski definition) is 2. The van der Waals surface area contributed by atoms with Gasteiger partial charge in [0.1, 0.15) is 0 Å². The van der Waals surface area contributed by atoms with E-state index in [-0.39, 0.29) is 35.4 Å². The molecule has 1 saturated heterocycles. The molecule has 0 aliphatic carbocycles. The highest BCUT2D eigenvalue weighted by molar-refractivity contribution is 5.93. The fourth-order valence-corrected chi connectivity index (χ4v) is 2.13. The summed E-state index contributed by atoms with van der Waals surface area (Å²) in [6, 6.07) is 5.78. The van der Waals surface area contributed by atoms with Crippen molar-refractivity contribution in [2.45, 2.75) is 12.1 Å². The number of furan rings is 2. The van der Waals surface area contributed by atoms with Crippen molar-refractivity contribution in [3.8, 4) is 0 Å². The zero-order valence-electron chi connectivity index (χ0n) is 11.1. The summed E-state index contributed by atoms with van der Waals surface area (Å²) < 4.78 is 15.4. The molecule has 1 aliphatic heterocycles. The van der Waals surface area contributed by atoms with Gasteiger partial charge in [0.05, 0.1) is 37.8 Å². The van der Waals surface area contributed by atoms with Crippen molar-refractivity contribution in [2.24, 2.45) is 0 Å². The van der Waals surface area contributed by atoms with Crippen molar-refractivity contribution < 1.29 is 23.2 Å². The van der Waals surface area contributed by atoms with E-state index in [4.69, 9.17) is 13.6 Å². The molecule has 3 heterocycles. The summed E-state index contributed by atoms with van der Waals surface area (Å²) in [5.41, 5.74) is 0. The van der Waals surface area contributed by atoms with Gasteiger partial charge in [-0.05, 0) is 24.3 Å². The van der Waals surface area contributed by atoms with Gasteiger partial charge in [0.15, 0.2) is 11.5 Å². The van der Waals surface area contributed by atoms with Crippen molar-refractivity contribution >= 4 is 11.8 Å². The number of nitrogens with one attached hydrogen (secondary N) is 2. The lowest BCUT2D eigenvalue weighted by atomic mass is 10.1. The van der Waals surface area contributed by atoms with Gasteiger partial charge in [0.25, 0.3) is 11.8 Å². The lowest BCUT2D eigenvalue weighted by molar-refractivity contribution is 0.0868. The molecule has 7 nitrogen and oxygen atoms in total. The van der Waals surface area contributed by atoms with Crippen LogP contribution in [0.3, 0.4) is 0 Å². The molecule has 0 spiro atoms. The third kappa shape index (κ3) is 2.97. The van der Waals surface area contributed by atoms with E-state index >= 15 is 0 Å². The highest BCUT2D eigenvalue weighted by atomic mass is 16.5. The second kappa shape index (κ2) is 5.84. The molecule has 110 valence electrons. The Morgan fingerprint density at radius 1 is 0.905 bits per heavy atom. The van der Waals surface area contributed by atoms with Gasteiger partial charge < -0.3 is 24.2 Å². The monoisotopic (exact) mass is 290 g/mol. The largest absolute Gasteiger partial charge is 0.459 e. The first-order valence-electron chi connectivity index (χ1n) is 6.50. The Bertz CT molecular complexity index is 551. The highest BCUT2D eigenvalue weighted by Crippen LogP contribution is 2.09. The molecule has 2 aromatic heterocycles. The standard InChI is InChI=1S/C14H14N2O5/c17-13(11-3-1-5-20-11)15-9-7-19-8-10(9)16-14(18)12-4-2-6-21-12/h1-6,9-10H,7-8H2,(H,15,17)(H,16,18)/t9-,10+. The molecular weight excluding hydrogens is 276 g/mol. The van der Waals surface area contributed by atoms with Gasteiger partial charge >= 0.3 is 0 Å². The van der Waals surface area contributed by atoms with Crippen molar-refractivity contribution in [3.05, 3.63) is 48.3 Å². The quantitative estimate of drug-likeness (QED) is 0.868. The van der Waals surface area contributed by atoms with E-state index in [0.717, 1.165) is 0 Å². The Labute approximate surface area is 120 Å². The molecule has 0 unspecified atom stereocenters. The zero-order valence-corrected chi connectivity index (χ0v) is 11.1.